The van der Waals surface area contributed by atoms with E-state index in [1.54, 1.807) is 0 Å². The van der Waals surface area contributed by atoms with E-state index in [9.17, 15) is 0 Å². The Bertz CT molecular complexity index is 2030. The first kappa shape index (κ1) is 30.1. The van der Waals surface area contributed by atoms with Crippen molar-refractivity contribution in [1.82, 2.24) is 4.57 Å². The number of nitriles is 1. The zero-order valence-electron chi connectivity index (χ0n) is 25.8. The molecule has 0 unspecified atom stereocenters. The SMILES string of the molecule is C=C(C#N)c1ccc(C)cc1.C=C(C)c1ccc(-n2c(=C)c3c(c2=C)CC=CC(Cc2ccc4c(c2)C(=C)CC4=C)=C3)cc1. The topological polar surface area (TPSA) is 28.7 Å². The van der Waals surface area contributed by atoms with Crippen molar-refractivity contribution >= 4 is 41.5 Å². The van der Waals surface area contributed by atoms with Crippen LogP contribution in [0.15, 0.2) is 111 Å². The van der Waals surface area contributed by atoms with Crippen molar-refractivity contribution in [2.45, 2.75) is 33.1 Å². The fraction of sp³-hybridized carbons (Fsp3) is 0.119. The molecule has 0 saturated carbocycles. The molecule has 0 saturated heterocycles. The molecule has 0 amide bonds. The van der Waals surface area contributed by atoms with Crippen LogP contribution in [-0.4, -0.2) is 4.57 Å². The second-order valence-corrected chi connectivity index (χ2v) is 11.7. The molecule has 216 valence electrons. The zero-order valence-corrected chi connectivity index (χ0v) is 25.8. The third kappa shape index (κ3) is 6.05. The maximum absolute atomic E-state index is 8.51. The molecule has 2 nitrogen and oxygen atoms in total. The maximum Gasteiger partial charge on any atom is 0.0991 e. The van der Waals surface area contributed by atoms with Gasteiger partial charge in [0.2, 0.25) is 0 Å². The summed E-state index contributed by atoms with van der Waals surface area (Å²) in [5.74, 6) is 0. The van der Waals surface area contributed by atoms with Crippen molar-refractivity contribution in [1.29, 1.82) is 5.26 Å². The number of aryl methyl sites for hydroxylation is 1. The van der Waals surface area contributed by atoms with Gasteiger partial charge >= 0.3 is 0 Å². The molecular weight excluding hydrogens is 532 g/mol. The summed E-state index contributed by atoms with van der Waals surface area (Å²) < 4.78 is 2.17. The highest BCUT2D eigenvalue weighted by atomic mass is 15.0. The Morgan fingerprint density at radius 3 is 2.16 bits per heavy atom. The van der Waals surface area contributed by atoms with Crippen molar-refractivity contribution in [3.05, 3.63) is 166 Å². The Kier molecular flexibility index (Phi) is 8.52. The summed E-state index contributed by atoms with van der Waals surface area (Å²) in [4.78, 5) is 0. The lowest BCUT2D eigenvalue weighted by atomic mass is 9.98. The van der Waals surface area contributed by atoms with Gasteiger partial charge in [0.25, 0.3) is 0 Å². The van der Waals surface area contributed by atoms with E-state index in [0.29, 0.717) is 5.57 Å². The Balaban J connectivity index is 0.000000296. The summed E-state index contributed by atoms with van der Waals surface area (Å²) in [6.45, 7) is 29.0. The first-order valence-electron chi connectivity index (χ1n) is 14.8. The highest BCUT2D eigenvalue weighted by Crippen LogP contribution is 2.39. The number of allylic oxidation sites excluding steroid dienone is 7. The maximum atomic E-state index is 8.51. The van der Waals surface area contributed by atoms with Crippen LogP contribution in [0.1, 0.15) is 57.9 Å². The van der Waals surface area contributed by atoms with E-state index in [-0.39, 0.29) is 0 Å². The summed E-state index contributed by atoms with van der Waals surface area (Å²) in [6.07, 6.45) is 9.38. The minimum atomic E-state index is 0.519. The number of fused-ring (bicyclic) bond motifs is 2. The van der Waals surface area contributed by atoms with Gasteiger partial charge in [0.05, 0.1) is 11.6 Å². The predicted molar refractivity (Wildman–Crippen MR) is 190 cm³/mol. The number of hydrogen-bond acceptors (Lipinski definition) is 1. The molecule has 0 fully saturated rings. The first-order valence-corrected chi connectivity index (χ1v) is 14.8. The summed E-state index contributed by atoms with van der Waals surface area (Å²) in [5.41, 5.74) is 15.7. The van der Waals surface area contributed by atoms with E-state index in [2.05, 4.69) is 105 Å². The van der Waals surface area contributed by atoms with E-state index in [0.717, 1.165) is 52.3 Å². The smallest absolute Gasteiger partial charge is 0.0991 e. The molecule has 0 aliphatic heterocycles. The summed E-state index contributed by atoms with van der Waals surface area (Å²) in [7, 11) is 0. The number of rotatable bonds is 5. The average Bonchev–Trinajstić information content (AvgIpc) is 3.30. The molecule has 0 radical (unpaired) electrons. The lowest BCUT2D eigenvalue weighted by molar-refractivity contribution is 0.988. The van der Waals surface area contributed by atoms with Gasteiger partial charge in [-0.2, -0.15) is 5.26 Å². The van der Waals surface area contributed by atoms with E-state index in [1.807, 2.05) is 44.2 Å². The fourth-order valence-electron chi connectivity index (χ4n) is 5.83. The molecule has 6 rings (SSSR count). The van der Waals surface area contributed by atoms with Crippen LogP contribution in [0.5, 0.6) is 0 Å². The molecule has 1 aromatic heterocycles. The molecule has 0 atom stereocenters. The Hall–Kier alpha value is -5.39. The molecule has 0 N–H and O–H groups in total. The Labute approximate surface area is 261 Å². The van der Waals surface area contributed by atoms with E-state index < -0.39 is 0 Å². The fourth-order valence-corrected chi connectivity index (χ4v) is 5.83. The molecule has 2 aliphatic rings. The van der Waals surface area contributed by atoms with Crippen LogP contribution < -0.4 is 10.7 Å². The van der Waals surface area contributed by atoms with Gasteiger partial charge in [0, 0.05) is 21.9 Å². The van der Waals surface area contributed by atoms with Crippen molar-refractivity contribution in [3.8, 4) is 11.8 Å². The highest BCUT2D eigenvalue weighted by Gasteiger charge is 2.19. The van der Waals surface area contributed by atoms with Crippen LogP contribution in [0, 0.1) is 18.3 Å². The van der Waals surface area contributed by atoms with Crippen LogP contribution in [0.4, 0.5) is 0 Å². The summed E-state index contributed by atoms with van der Waals surface area (Å²) >= 11 is 0. The molecule has 4 aromatic rings. The van der Waals surface area contributed by atoms with Crippen LogP contribution in [-0.2, 0) is 12.8 Å². The zero-order chi connectivity index (χ0) is 31.5. The standard InChI is InChI=1S/C32H29N.C10H9N/c1-20(2)27-11-13-28(14-12-27)33-23(5)30-9-7-8-25(19-32(30)24(33)6)17-26-10-15-29-21(3)16-22(4)31(29)18-26;1-8-3-5-10(6-4-8)9(2)7-11/h7-8,10-15,18-19H,1,3-6,9,16-17H2,2H3;3-6H,2H2,1H3. The lowest BCUT2D eigenvalue weighted by Gasteiger charge is -2.08. The van der Waals surface area contributed by atoms with Crippen LogP contribution in [0.2, 0.25) is 0 Å². The highest BCUT2D eigenvalue weighted by molar-refractivity contribution is 5.91. The molecular formula is C42H38N2. The largest absolute Gasteiger partial charge is 0.311 e. The quantitative estimate of drug-likeness (QED) is 0.220. The minimum absolute atomic E-state index is 0.519. The van der Waals surface area contributed by atoms with Crippen LogP contribution in [0.3, 0.4) is 0 Å². The molecule has 1 heterocycles. The van der Waals surface area contributed by atoms with Gasteiger partial charge in [-0.25, -0.2) is 0 Å². The number of aromatic nitrogens is 1. The normalized spacial score (nSPS) is 13.2. The van der Waals surface area contributed by atoms with Gasteiger partial charge < -0.3 is 4.57 Å². The van der Waals surface area contributed by atoms with Gasteiger partial charge in [-0.3, -0.25) is 0 Å². The van der Waals surface area contributed by atoms with Gasteiger partial charge in [-0.15, -0.1) is 0 Å². The molecule has 0 spiro atoms. The molecule has 44 heavy (non-hydrogen) atoms. The van der Waals surface area contributed by atoms with Gasteiger partial charge in [-0.05, 0) is 101 Å². The average molecular weight is 571 g/mol. The molecule has 2 aliphatic carbocycles. The van der Waals surface area contributed by atoms with Crippen LogP contribution in [0.25, 0.3) is 47.2 Å². The summed E-state index contributed by atoms with van der Waals surface area (Å²) in [5, 5.41) is 10.5. The van der Waals surface area contributed by atoms with Crippen molar-refractivity contribution in [3.63, 3.8) is 0 Å². The molecule has 0 bridgehead atoms. The van der Waals surface area contributed by atoms with Gasteiger partial charge in [0.15, 0.2) is 0 Å². The van der Waals surface area contributed by atoms with Gasteiger partial charge in [-0.1, -0.05) is 117 Å². The van der Waals surface area contributed by atoms with Crippen LogP contribution >= 0.6 is 0 Å². The van der Waals surface area contributed by atoms with Crippen molar-refractivity contribution < 1.29 is 0 Å². The monoisotopic (exact) mass is 570 g/mol. The van der Waals surface area contributed by atoms with E-state index >= 15 is 0 Å². The Morgan fingerprint density at radius 1 is 0.841 bits per heavy atom. The number of benzene rings is 3. The first-order chi connectivity index (χ1) is 21.1. The molecule has 2 heteroatoms. The van der Waals surface area contributed by atoms with E-state index in [1.165, 1.54) is 50.1 Å². The van der Waals surface area contributed by atoms with Gasteiger partial charge in [0.1, 0.15) is 0 Å². The van der Waals surface area contributed by atoms with Crippen molar-refractivity contribution in [2.24, 2.45) is 0 Å². The lowest BCUT2D eigenvalue weighted by Crippen LogP contribution is -2.24. The second-order valence-electron chi connectivity index (χ2n) is 11.7. The summed E-state index contributed by atoms with van der Waals surface area (Å²) in [6, 6.07) is 24.9. The molecule has 3 aromatic carbocycles. The third-order valence-electron chi connectivity index (χ3n) is 8.34. The van der Waals surface area contributed by atoms with E-state index in [4.69, 9.17) is 5.26 Å². The Morgan fingerprint density at radius 2 is 1.50 bits per heavy atom. The number of nitrogens with zero attached hydrogens (tertiary/aromatic N) is 2. The van der Waals surface area contributed by atoms with Crippen molar-refractivity contribution in [2.75, 3.05) is 0 Å². The number of hydrogen-bond donors (Lipinski definition) is 0. The third-order valence-corrected chi connectivity index (χ3v) is 8.34. The predicted octanol–water partition coefficient (Wildman–Crippen LogP) is 9.03. The second kappa shape index (κ2) is 12.5. The minimum Gasteiger partial charge on any atom is -0.311 e.